The molecule has 1 saturated heterocycles. The third-order valence-corrected chi connectivity index (χ3v) is 3.95. The number of carbonyl (C=O) groups excluding carboxylic acids is 1. The molecule has 0 aromatic heterocycles. The van der Waals surface area contributed by atoms with E-state index in [2.05, 4.69) is 4.90 Å². The molecule has 5 heteroatoms. The Balaban J connectivity index is 1.85. The minimum atomic E-state index is -0.259. The van der Waals surface area contributed by atoms with Crippen LogP contribution in [0.1, 0.15) is 12.5 Å². The Morgan fingerprint density at radius 2 is 2.05 bits per heavy atom. The van der Waals surface area contributed by atoms with Crippen LogP contribution in [-0.4, -0.2) is 60.1 Å². The number of hydrogen-bond donors (Lipinski definition) is 1. The van der Waals surface area contributed by atoms with Gasteiger partial charge in [-0.15, -0.1) is 0 Å². The van der Waals surface area contributed by atoms with E-state index in [9.17, 15) is 9.18 Å². The van der Waals surface area contributed by atoms with Gasteiger partial charge in [-0.1, -0.05) is 19.1 Å². The summed E-state index contributed by atoms with van der Waals surface area (Å²) in [4.78, 5) is 16.4. The molecule has 1 amide bonds. The zero-order chi connectivity index (χ0) is 15.2. The first kappa shape index (κ1) is 15.9. The van der Waals surface area contributed by atoms with Gasteiger partial charge in [-0.3, -0.25) is 9.69 Å². The van der Waals surface area contributed by atoms with Crippen LogP contribution in [0.3, 0.4) is 0 Å². The maximum absolute atomic E-state index is 13.2. The molecule has 116 valence electrons. The van der Waals surface area contributed by atoms with Crippen molar-refractivity contribution in [1.82, 2.24) is 9.80 Å². The van der Waals surface area contributed by atoms with Gasteiger partial charge >= 0.3 is 0 Å². The third-order valence-electron chi connectivity index (χ3n) is 3.95. The van der Waals surface area contributed by atoms with Gasteiger partial charge in [-0.2, -0.15) is 0 Å². The molecule has 1 aliphatic heterocycles. The van der Waals surface area contributed by atoms with E-state index in [1.54, 1.807) is 6.07 Å². The Kier molecular flexibility index (Phi) is 5.70. The van der Waals surface area contributed by atoms with E-state index < -0.39 is 0 Å². The van der Waals surface area contributed by atoms with Crippen LogP contribution in [0.4, 0.5) is 4.39 Å². The van der Waals surface area contributed by atoms with Crippen molar-refractivity contribution < 1.29 is 14.3 Å². The molecule has 1 N–H and O–H groups in total. The number of piperazine rings is 1. The van der Waals surface area contributed by atoms with Crippen LogP contribution in [0.15, 0.2) is 24.3 Å². The first-order valence-electron chi connectivity index (χ1n) is 7.46. The first-order chi connectivity index (χ1) is 10.1. The summed E-state index contributed by atoms with van der Waals surface area (Å²) in [5.41, 5.74) is 0.856. The maximum atomic E-state index is 13.2. The summed E-state index contributed by atoms with van der Waals surface area (Å²) in [6.07, 6.45) is 0.563. The molecule has 4 nitrogen and oxygen atoms in total. The molecule has 0 unspecified atom stereocenters. The maximum Gasteiger partial charge on any atom is 0.225 e. The summed E-state index contributed by atoms with van der Waals surface area (Å²) >= 11 is 0. The Morgan fingerprint density at radius 3 is 2.67 bits per heavy atom. The van der Waals surface area contributed by atoms with Crippen molar-refractivity contribution in [1.29, 1.82) is 0 Å². The topological polar surface area (TPSA) is 43.8 Å². The molecule has 2 rings (SSSR count). The molecule has 1 heterocycles. The lowest BCUT2D eigenvalue weighted by molar-refractivity contribution is -0.136. The van der Waals surface area contributed by atoms with Crippen molar-refractivity contribution in [3.05, 3.63) is 35.6 Å². The number of hydrogen-bond acceptors (Lipinski definition) is 3. The highest BCUT2D eigenvalue weighted by atomic mass is 19.1. The van der Waals surface area contributed by atoms with Crippen molar-refractivity contribution in [2.75, 3.05) is 39.3 Å². The highest BCUT2D eigenvalue weighted by Gasteiger charge is 2.24. The Morgan fingerprint density at radius 1 is 1.33 bits per heavy atom. The van der Waals surface area contributed by atoms with Gasteiger partial charge in [0.25, 0.3) is 0 Å². The minimum Gasteiger partial charge on any atom is -0.395 e. The number of β-amino-alcohol motifs (C(OH)–C–C–N with tert-alkyl or cyclic N) is 1. The molecule has 0 bridgehead atoms. The van der Waals surface area contributed by atoms with Gasteiger partial charge in [0.15, 0.2) is 0 Å². The Hall–Kier alpha value is -1.46. The minimum absolute atomic E-state index is 0.128. The number of nitrogens with zero attached hydrogens (tertiary/aromatic N) is 2. The summed E-state index contributed by atoms with van der Waals surface area (Å²) in [6, 6.07) is 6.43. The summed E-state index contributed by atoms with van der Waals surface area (Å²) in [5.74, 6) is -0.274. The predicted molar refractivity (Wildman–Crippen MR) is 79.4 cm³/mol. The standard InChI is InChI=1S/C16H23FN2O2/c1-13(11-14-3-2-4-15(17)12-14)16(21)19-7-5-18(6-8-19)9-10-20/h2-4,12-13,20H,5-11H2,1H3/t13-/m0/s1. The van der Waals surface area contributed by atoms with E-state index >= 15 is 0 Å². The summed E-state index contributed by atoms with van der Waals surface area (Å²) < 4.78 is 13.2. The van der Waals surface area contributed by atoms with Gasteiger partial charge in [-0.05, 0) is 24.1 Å². The van der Waals surface area contributed by atoms with E-state index in [1.165, 1.54) is 12.1 Å². The molecule has 1 aromatic carbocycles. The van der Waals surface area contributed by atoms with Gasteiger partial charge in [0.05, 0.1) is 6.61 Å². The molecule has 1 fully saturated rings. The van der Waals surface area contributed by atoms with Gasteiger partial charge in [0.1, 0.15) is 5.82 Å². The number of benzene rings is 1. The van der Waals surface area contributed by atoms with Crippen molar-refractivity contribution in [3.8, 4) is 0 Å². The lowest BCUT2D eigenvalue weighted by Gasteiger charge is -2.35. The van der Waals surface area contributed by atoms with E-state index in [1.807, 2.05) is 17.9 Å². The van der Waals surface area contributed by atoms with E-state index in [0.29, 0.717) is 26.1 Å². The molecule has 0 radical (unpaired) electrons. The number of aliphatic hydroxyl groups excluding tert-OH is 1. The Labute approximate surface area is 125 Å². The van der Waals surface area contributed by atoms with Crippen LogP contribution in [0.2, 0.25) is 0 Å². The van der Waals surface area contributed by atoms with Crippen LogP contribution in [0.5, 0.6) is 0 Å². The zero-order valence-electron chi connectivity index (χ0n) is 12.5. The Bertz CT molecular complexity index is 473. The largest absolute Gasteiger partial charge is 0.395 e. The number of aliphatic hydroxyl groups is 1. The molecule has 0 saturated carbocycles. The second-order valence-electron chi connectivity index (χ2n) is 5.63. The van der Waals surface area contributed by atoms with Gasteiger partial charge in [-0.25, -0.2) is 4.39 Å². The first-order valence-corrected chi connectivity index (χ1v) is 7.46. The lowest BCUT2D eigenvalue weighted by Crippen LogP contribution is -2.50. The molecule has 21 heavy (non-hydrogen) atoms. The molecular formula is C16H23FN2O2. The normalized spacial score (nSPS) is 17.8. The molecule has 0 spiro atoms. The van der Waals surface area contributed by atoms with E-state index in [-0.39, 0.29) is 24.2 Å². The van der Waals surface area contributed by atoms with Crippen LogP contribution in [-0.2, 0) is 11.2 Å². The fraction of sp³-hybridized carbons (Fsp3) is 0.562. The summed E-state index contributed by atoms with van der Waals surface area (Å²) in [5, 5.41) is 8.92. The summed E-state index contributed by atoms with van der Waals surface area (Å²) in [7, 11) is 0. The van der Waals surface area contributed by atoms with Crippen LogP contribution in [0.25, 0.3) is 0 Å². The number of rotatable bonds is 5. The fourth-order valence-corrected chi connectivity index (χ4v) is 2.75. The predicted octanol–water partition coefficient (Wildman–Crippen LogP) is 1.14. The number of amides is 1. The quantitative estimate of drug-likeness (QED) is 0.886. The summed E-state index contributed by atoms with van der Waals surface area (Å²) in [6.45, 7) is 5.73. The van der Waals surface area contributed by atoms with Crippen molar-refractivity contribution >= 4 is 5.91 Å². The second kappa shape index (κ2) is 7.52. The van der Waals surface area contributed by atoms with Crippen LogP contribution >= 0.6 is 0 Å². The average Bonchev–Trinajstić information content (AvgIpc) is 2.47. The fourth-order valence-electron chi connectivity index (χ4n) is 2.75. The molecule has 1 aromatic rings. The zero-order valence-corrected chi connectivity index (χ0v) is 12.5. The van der Waals surface area contributed by atoms with E-state index in [4.69, 9.17) is 5.11 Å². The van der Waals surface area contributed by atoms with Crippen LogP contribution < -0.4 is 0 Å². The lowest BCUT2D eigenvalue weighted by atomic mass is 9.99. The van der Waals surface area contributed by atoms with Crippen molar-refractivity contribution in [3.63, 3.8) is 0 Å². The van der Waals surface area contributed by atoms with Gasteiger partial charge < -0.3 is 10.0 Å². The third kappa shape index (κ3) is 4.51. The molecule has 1 atom stereocenters. The highest BCUT2D eigenvalue weighted by Crippen LogP contribution is 2.14. The van der Waals surface area contributed by atoms with Gasteiger partial charge in [0, 0.05) is 38.6 Å². The molecule has 1 aliphatic rings. The number of carbonyl (C=O) groups is 1. The number of halogens is 1. The smallest absolute Gasteiger partial charge is 0.225 e. The van der Waals surface area contributed by atoms with Gasteiger partial charge in [0.2, 0.25) is 5.91 Å². The van der Waals surface area contributed by atoms with Crippen molar-refractivity contribution in [2.45, 2.75) is 13.3 Å². The SMILES string of the molecule is C[C@@H](Cc1cccc(F)c1)C(=O)N1CCN(CCO)CC1. The van der Waals surface area contributed by atoms with E-state index in [0.717, 1.165) is 18.7 Å². The van der Waals surface area contributed by atoms with Crippen LogP contribution in [0, 0.1) is 11.7 Å². The average molecular weight is 294 g/mol. The molecule has 0 aliphatic carbocycles. The monoisotopic (exact) mass is 294 g/mol. The van der Waals surface area contributed by atoms with Crippen molar-refractivity contribution in [2.24, 2.45) is 5.92 Å². The second-order valence-corrected chi connectivity index (χ2v) is 5.63. The molecular weight excluding hydrogens is 271 g/mol. The highest BCUT2D eigenvalue weighted by molar-refractivity contribution is 5.78.